The van der Waals surface area contributed by atoms with Gasteiger partial charge < -0.3 is 14.2 Å². The minimum Gasteiger partial charge on any atom is -0.457 e. The van der Waals surface area contributed by atoms with E-state index in [1.165, 1.54) is 0 Å². The van der Waals surface area contributed by atoms with E-state index >= 15 is 0 Å². The Hall–Kier alpha value is -0.840. The van der Waals surface area contributed by atoms with E-state index in [1.54, 1.807) is 0 Å². The molecule has 0 aromatic rings. The summed E-state index contributed by atoms with van der Waals surface area (Å²) in [5.74, 6) is -2.27. The van der Waals surface area contributed by atoms with Gasteiger partial charge in [0.25, 0.3) is 0 Å². The Morgan fingerprint density at radius 2 is 1.92 bits per heavy atom. The van der Waals surface area contributed by atoms with Gasteiger partial charge in [0, 0.05) is 11.3 Å². The van der Waals surface area contributed by atoms with Crippen LogP contribution in [0.4, 0.5) is 8.78 Å². The van der Waals surface area contributed by atoms with Crippen molar-refractivity contribution in [1.29, 1.82) is 0 Å². The third-order valence-electron chi connectivity index (χ3n) is 5.68. The molecule has 25 heavy (non-hydrogen) atoms. The summed E-state index contributed by atoms with van der Waals surface area (Å²) in [5.41, 5.74) is -0.00793. The summed E-state index contributed by atoms with van der Waals surface area (Å²) in [6.07, 6.45) is 1.75. The Morgan fingerprint density at radius 1 is 1.28 bits per heavy atom. The molecule has 4 atom stereocenters. The van der Waals surface area contributed by atoms with E-state index in [1.807, 2.05) is 0 Å². The molecule has 0 aromatic heterocycles. The summed E-state index contributed by atoms with van der Waals surface area (Å²) < 4.78 is 72.5. The van der Waals surface area contributed by atoms with E-state index < -0.39 is 27.4 Å². The van der Waals surface area contributed by atoms with Gasteiger partial charge in [-0.05, 0) is 31.6 Å². The third kappa shape index (κ3) is 3.41. The van der Waals surface area contributed by atoms with Gasteiger partial charge in [-0.15, -0.1) is 0 Å². The summed E-state index contributed by atoms with van der Waals surface area (Å²) in [7, 11) is -5.85. The SMILES string of the molecule is CCC1(COC2CC3CC(OC(=O)C(F)(F)S(=O)(=O)O)C2C3)COC1. The second kappa shape index (κ2) is 6.40. The maximum Gasteiger partial charge on any atom is 0.465 e. The van der Waals surface area contributed by atoms with Crippen LogP contribution in [-0.4, -0.2) is 56.2 Å². The predicted octanol–water partition coefficient (Wildman–Crippen LogP) is 1.62. The number of halogens is 2. The van der Waals surface area contributed by atoms with Gasteiger partial charge in [-0.25, -0.2) is 4.79 Å². The molecule has 3 rings (SSSR count). The molecule has 0 radical (unpaired) electrons. The Bertz CT molecular complexity index is 626. The van der Waals surface area contributed by atoms with E-state index in [0.29, 0.717) is 32.7 Å². The summed E-state index contributed by atoms with van der Waals surface area (Å²) in [4.78, 5) is 11.5. The molecule has 0 spiro atoms. The highest BCUT2D eigenvalue weighted by atomic mass is 32.2. The molecule has 2 aliphatic carbocycles. The highest BCUT2D eigenvalue weighted by Gasteiger charge is 2.57. The van der Waals surface area contributed by atoms with Crippen molar-refractivity contribution in [3.8, 4) is 0 Å². The number of hydrogen-bond donors (Lipinski definition) is 1. The number of carbonyl (C=O) groups is 1. The molecule has 2 saturated carbocycles. The van der Waals surface area contributed by atoms with Crippen molar-refractivity contribution in [1.82, 2.24) is 0 Å². The van der Waals surface area contributed by atoms with E-state index in [2.05, 4.69) is 6.92 Å². The zero-order valence-corrected chi connectivity index (χ0v) is 14.6. The Kier molecular flexibility index (Phi) is 4.85. The van der Waals surface area contributed by atoms with Crippen molar-refractivity contribution in [3.63, 3.8) is 0 Å². The lowest BCUT2D eigenvalue weighted by Gasteiger charge is -2.42. The van der Waals surface area contributed by atoms with Crippen LogP contribution in [-0.2, 0) is 29.1 Å². The van der Waals surface area contributed by atoms with Crippen LogP contribution in [0.5, 0.6) is 0 Å². The van der Waals surface area contributed by atoms with Crippen molar-refractivity contribution in [2.45, 2.75) is 50.1 Å². The van der Waals surface area contributed by atoms with E-state index in [-0.39, 0.29) is 23.4 Å². The molecule has 2 bridgehead atoms. The van der Waals surface area contributed by atoms with Crippen molar-refractivity contribution in [3.05, 3.63) is 0 Å². The van der Waals surface area contributed by atoms with Gasteiger partial charge in [-0.1, -0.05) is 6.92 Å². The third-order valence-corrected chi connectivity index (χ3v) is 6.50. The average Bonchev–Trinajstić information content (AvgIpc) is 3.05. The molecular formula is C15H22F2O7S. The summed E-state index contributed by atoms with van der Waals surface area (Å²) in [6.45, 7) is 3.81. The van der Waals surface area contributed by atoms with Crippen LogP contribution in [0.1, 0.15) is 32.6 Å². The molecule has 3 fully saturated rings. The van der Waals surface area contributed by atoms with Gasteiger partial charge in [0.05, 0.1) is 25.9 Å². The number of esters is 1. The topological polar surface area (TPSA) is 99.1 Å². The average molecular weight is 384 g/mol. The highest BCUT2D eigenvalue weighted by molar-refractivity contribution is 7.87. The first-order valence-corrected chi connectivity index (χ1v) is 9.77. The molecule has 0 aromatic carbocycles. The second-order valence-corrected chi connectivity index (χ2v) is 8.83. The number of hydrogen-bond acceptors (Lipinski definition) is 6. The number of carbonyl (C=O) groups excluding carboxylic acids is 1. The number of fused-ring (bicyclic) bond motifs is 2. The van der Waals surface area contributed by atoms with Crippen LogP contribution >= 0.6 is 0 Å². The van der Waals surface area contributed by atoms with Gasteiger partial charge in [0.2, 0.25) is 0 Å². The van der Waals surface area contributed by atoms with E-state index in [0.717, 1.165) is 12.8 Å². The Balaban J connectivity index is 1.59. The number of ether oxygens (including phenoxy) is 3. The smallest absolute Gasteiger partial charge is 0.457 e. The Labute approximate surface area is 144 Å². The number of rotatable bonds is 7. The van der Waals surface area contributed by atoms with Crippen LogP contribution in [0.15, 0.2) is 0 Å². The van der Waals surface area contributed by atoms with Crippen molar-refractivity contribution in [2.24, 2.45) is 17.3 Å². The summed E-state index contributed by atoms with van der Waals surface area (Å²) in [6, 6.07) is 0. The molecule has 0 amide bonds. The molecule has 7 nitrogen and oxygen atoms in total. The fourth-order valence-corrected chi connectivity index (χ4v) is 4.18. The van der Waals surface area contributed by atoms with Crippen molar-refractivity contribution >= 4 is 16.1 Å². The van der Waals surface area contributed by atoms with Crippen molar-refractivity contribution < 1.29 is 40.8 Å². The van der Waals surface area contributed by atoms with Gasteiger partial charge >= 0.3 is 21.3 Å². The zero-order valence-electron chi connectivity index (χ0n) is 13.8. The molecular weight excluding hydrogens is 362 g/mol. The maximum atomic E-state index is 13.4. The quantitative estimate of drug-likeness (QED) is 0.526. The van der Waals surface area contributed by atoms with Crippen LogP contribution < -0.4 is 0 Å². The van der Waals surface area contributed by atoms with E-state index in [9.17, 15) is 22.0 Å². The van der Waals surface area contributed by atoms with Gasteiger partial charge in [-0.3, -0.25) is 4.55 Å². The molecule has 3 aliphatic rings. The molecule has 144 valence electrons. The zero-order chi connectivity index (χ0) is 18.5. The van der Waals surface area contributed by atoms with Crippen LogP contribution in [0.2, 0.25) is 0 Å². The normalized spacial score (nSPS) is 33.9. The lowest BCUT2D eigenvalue weighted by molar-refractivity contribution is -0.182. The lowest BCUT2D eigenvalue weighted by atomic mass is 9.84. The first-order chi connectivity index (χ1) is 11.6. The van der Waals surface area contributed by atoms with Gasteiger partial charge in [0.1, 0.15) is 6.10 Å². The predicted molar refractivity (Wildman–Crippen MR) is 80.5 cm³/mol. The van der Waals surface area contributed by atoms with Gasteiger partial charge in [0.15, 0.2) is 0 Å². The largest absolute Gasteiger partial charge is 0.465 e. The molecule has 4 unspecified atom stereocenters. The van der Waals surface area contributed by atoms with Crippen LogP contribution in [0.3, 0.4) is 0 Å². The van der Waals surface area contributed by atoms with Crippen LogP contribution in [0, 0.1) is 17.3 Å². The fourth-order valence-electron chi connectivity index (χ4n) is 3.93. The first-order valence-electron chi connectivity index (χ1n) is 8.33. The highest BCUT2D eigenvalue weighted by Crippen LogP contribution is 2.48. The molecule has 1 N–H and O–H groups in total. The number of alkyl halides is 2. The fraction of sp³-hybridized carbons (Fsp3) is 0.933. The lowest BCUT2D eigenvalue weighted by Crippen LogP contribution is -2.48. The van der Waals surface area contributed by atoms with Gasteiger partial charge in [-0.2, -0.15) is 17.2 Å². The van der Waals surface area contributed by atoms with E-state index in [4.69, 9.17) is 18.8 Å². The molecule has 1 aliphatic heterocycles. The molecule has 10 heteroatoms. The summed E-state index contributed by atoms with van der Waals surface area (Å²) >= 11 is 0. The Morgan fingerprint density at radius 3 is 2.40 bits per heavy atom. The summed E-state index contributed by atoms with van der Waals surface area (Å²) in [5, 5.41) is -4.96. The minimum absolute atomic E-state index is 0.00793. The second-order valence-electron chi connectivity index (χ2n) is 7.37. The maximum absolute atomic E-state index is 13.4. The molecule has 1 saturated heterocycles. The standard InChI is InChI=1S/C15H22F2O7S/c1-2-14(6-22-7-14)8-23-11-4-9-3-10(11)12(5-9)24-13(18)15(16,17)25(19,20)21/h9-12H,2-8H2,1H3,(H,19,20,21). The monoisotopic (exact) mass is 384 g/mol. The molecule has 1 heterocycles. The van der Waals surface area contributed by atoms with Crippen LogP contribution in [0.25, 0.3) is 0 Å². The minimum atomic E-state index is -5.85. The first kappa shape index (κ1) is 18.9. The van der Waals surface area contributed by atoms with Crippen molar-refractivity contribution in [2.75, 3.05) is 19.8 Å².